The maximum absolute atomic E-state index is 12.2. The van der Waals surface area contributed by atoms with Crippen LogP contribution in [0.5, 0.6) is 0 Å². The van der Waals surface area contributed by atoms with Crippen LogP contribution in [0.4, 0.5) is 0 Å². The normalized spacial score (nSPS) is 18.0. The van der Waals surface area contributed by atoms with E-state index in [-0.39, 0.29) is 17.4 Å². The molecular weight excluding hydrogens is 276 g/mol. The van der Waals surface area contributed by atoms with Gasteiger partial charge in [0, 0.05) is 31.6 Å². The van der Waals surface area contributed by atoms with Crippen molar-refractivity contribution in [3.8, 4) is 0 Å². The average molecular weight is 304 g/mol. The van der Waals surface area contributed by atoms with Crippen LogP contribution in [0.2, 0.25) is 0 Å². The predicted octanol–water partition coefficient (Wildman–Crippen LogP) is 2.41. The summed E-state index contributed by atoms with van der Waals surface area (Å²) in [6, 6.07) is 10.2. The molecule has 0 aliphatic carbocycles. The molecule has 2 rings (SSSR count). The molecule has 122 valence electrons. The number of amides is 1. The molecule has 1 unspecified atom stereocenters. The number of nitrogens with zero attached hydrogens (tertiary/aromatic N) is 1. The molecular formula is C18H28N2O2. The second-order valence-corrected chi connectivity index (χ2v) is 6.70. The molecule has 1 fully saturated rings. The van der Waals surface area contributed by atoms with Gasteiger partial charge in [0.25, 0.3) is 0 Å². The standard InChI is InChI=1S/C18H28N2O2/c1-15(16-7-5-4-6-8-16)13-17(21)19-14-18(2,3)20-9-11-22-12-10-20/h4-8,15H,9-14H2,1-3H3,(H,19,21). The molecule has 0 bridgehead atoms. The van der Waals surface area contributed by atoms with Crippen molar-refractivity contribution in [2.45, 2.75) is 38.6 Å². The van der Waals surface area contributed by atoms with Crippen LogP contribution in [-0.2, 0) is 9.53 Å². The van der Waals surface area contributed by atoms with E-state index in [1.54, 1.807) is 0 Å². The summed E-state index contributed by atoms with van der Waals surface area (Å²) >= 11 is 0. The highest BCUT2D eigenvalue weighted by molar-refractivity contribution is 5.76. The van der Waals surface area contributed by atoms with Crippen LogP contribution >= 0.6 is 0 Å². The zero-order valence-electron chi connectivity index (χ0n) is 14.0. The number of carbonyl (C=O) groups is 1. The smallest absolute Gasteiger partial charge is 0.220 e. The van der Waals surface area contributed by atoms with Gasteiger partial charge in [-0.1, -0.05) is 37.3 Å². The first-order valence-corrected chi connectivity index (χ1v) is 8.13. The Morgan fingerprint density at radius 3 is 2.55 bits per heavy atom. The van der Waals surface area contributed by atoms with Crippen molar-refractivity contribution in [2.24, 2.45) is 0 Å². The van der Waals surface area contributed by atoms with Crippen molar-refractivity contribution in [2.75, 3.05) is 32.8 Å². The van der Waals surface area contributed by atoms with Gasteiger partial charge in [-0.3, -0.25) is 9.69 Å². The maximum atomic E-state index is 12.2. The quantitative estimate of drug-likeness (QED) is 0.877. The van der Waals surface area contributed by atoms with E-state index in [1.807, 2.05) is 18.2 Å². The molecule has 1 aliphatic rings. The van der Waals surface area contributed by atoms with Gasteiger partial charge in [-0.05, 0) is 25.3 Å². The second-order valence-electron chi connectivity index (χ2n) is 6.70. The molecule has 4 nitrogen and oxygen atoms in total. The molecule has 1 heterocycles. The summed E-state index contributed by atoms with van der Waals surface area (Å²) in [6.07, 6.45) is 0.531. The van der Waals surface area contributed by atoms with Crippen LogP contribution in [0.3, 0.4) is 0 Å². The van der Waals surface area contributed by atoms with E-state index in [9.17, 15) is 4.79 Å². The number of morpholine rings is 1. The number of carbonyl (C=O) groups excluding carboxylic acids is 1. The molecule has 1 aliphatic heterocycles. The minimum Gasteiger partial charge on any atom is -0.379 e. The van der Waals surface area contributed by atoms with Gasteiger partial charge >= 0.3 is 0 Å². The first-order valence-electron chi connectivity index (χ1n) is 8.13. The highest BCUT2D eigenvalue weighted by Crippen LogP contribution is 2.19. The van der Waals surface area contributed by atoms with Crippen LogP contribution in [-0.4, -0.2) is 49.2 Å². The van der Waals surface area contributed by atoms with Gasteiger partial charge < -0.3 is 10.1 Å². The lowest BCUT2D eigenvalue weighted by atomic mass is 9.97. The number of ether oxygens (including phenoxy) is 1. The molecule has 0 saturated carbocycles. The van der Waals surface area contributed by atoms with Crippen LogP contribution in [0.15, 0.2) is 30.3 Å². The van der Waals surface area contributed by atoms with Crippen molar-refractivity contribution in [3.05, 3.63) is 35.9 Å². The van der Waals surface area contributed by atoms with Crippen LogP contribution < -0.4 is 5.32 Å². The van der Waals surface area contributed by atoms with E-state index in [4.69, 9.17) is 4.74 Å². The lowest BCUT2D eigenvalue weighted by Crippen LogP contribution is -2.55. The van der Waals surface area contributed by atoms with Crippen molar-refractivity contribution < 1.29 is 9.53 Å². The molecule has 1 N–H and O–H groups in total. The second kappa shape index (κ2) is 7.75. The van der Waals surface area contributed by atoms with E-state index in [1.165, 1.54) is 5.56 Å². The molecule has 0 aromatic heterocycles. The first kappa shape index (κ1) is 17.0. The van der Waals surface area contributed by atoms with E-state index < -0.39 is 0 Å². The summed E-state index contributed by atoms with van der Waals surface area (Å²) < 4.78 is 5.39. The molecule has 1 saturated heterocycles. The number of benzene rings is 1. The van der Waals surface area contributed by atoms with E-state index in [0.717, 1.165) is 26.3 Å². The molecule has 1 aromatic rings. The lowest BCUT2D eigenvalue weighted by molar-refractivity contribution is -0.122. The van der Waals surface area contributed by atoms with Gasteiger partial charge in [0.15, 0.2) is 0 Å². The molecule has 0 radical (unpaired) electrons. The largest absolute Gasteiger partial charge is 0.379 e. The fourth-order valence-corrected chi connectivity index (χ4v) is 2.85. The molecule has 1 amide bonds. The Morgan fingerprint density at radius 1 is 1.27 bits per heavy atom. The van der Waals surface area contributed by atoms with E-state index >= 15 is 0 Å². The maximum Gasteiger partial charge on any atom is 0.220 e. The monoisotopic (exact) mass is 304 g/mol. The fraction of sp³-hybridized carbons (Fsp3) is 0.611. The minimum absolute atomic E-state index is 0.0323. The number of rotatable bonds is 6. The van der Waals surface area contributed by atoms with Gasteiger partial charge in [0.05, 0.1) is 13.2 Å². The zero-order valence-corrected chi connectivity index (χ0v) is 14.0. The third kappa shape index (κ3) is 4.82. The molecule has 22 heavy (non-hydrogen) atoms. The summed E-state index contributed by atoms with van der Waals surface area (Å²) in [7, 11) is 0. The SMILES string of the molecule is CC(CC(=O)NCC(C)(C)N1CCOCC1)c1ccccc1. The topological polar surface area (TPSA) is 41.6 Å². The van der Waals surface area contributed by atoms with Crippen molar-refractivity contribution in [1.82, 2.24) is 10.2 Å². The predicted molar refractivity (Wildman–Crippen MR) is 89.0 cm³/mol. The summed E-state index contributed by atoms with van der Waals surface area (Å²) in [6.45, 7) is 10.6. The van der Waals surface area contributed by atoms with E-state index in [2.05, 4.69) is 43.1 Å². The van der Waals surface area contributed by atoms with Crippen LogP contribution in [0, 0.1) is 0 Å². The lowest BCUT2D eigenvalue weighted by Gasteiger charge is -2.40. The van der Waals surface area contributed by atoms with Crippen LogP contribution in [0.1, 0.15) is 38.7 Å². The molecule has 4 heteroatoms. The first-order chi connectivity index (χ1) is 10.5. The van der Waals surface area contributed by atoms with Gasteiger partial charge in [0.2, 0.25) is 5.91 Å². The third-order valence-corrected chi connectivity index (χ3v) is 4.45. The summed E-state index contributed by atoms with van der Waals surface area (Å²) in [4.78, 5) is 14.6. The van der Waals surface area contributed by atoms with Crippen molar-refractivity contribution in [3.63, 3.8) is 0 Å². The van der Waals surface area contributed by atoms with Crippen LogP contribution in [0.25, 0.3) is 0 Å². The zero-order chi connectivity index (χ0) is 16.0. The molecule has 1 atom stereocenters. The minimum atomic E-state index is -0.0323. The van der Waals surface area contributed by atoms with Gasteiger partial charge in [-0.15, -0.1) is 0 Å². The Balaban J connectivity index is 1.79. The Kier molecular flexibility index (Phi) is 5.98. The molecule has 0 spiro atoms. The van der Waals surface area contributed by atoms with Gasteiger partial charge in [-0.25, -0.2) is 0 Å². The summed E-state index contributed by atoms with van der Waals surface area (Å²) in [5.41, 5.74) is 1.18. The van der Waals surface area contributed by atoms with Gasteiger partial charge in [0.1, 0.15) is 0 Å². The Bertz CT molecular complexity index is 467. The Labute approximate surface area is 133 Å². The van der Waals surface area contributed by atoms with Gasteiger partial charge in [-0.2, -0.15) is 0 Å². The fourth-order valence-electron chi connectivity index (χ4n) is 2.85. The number of nitrogens with one attached hydrogen (secondary N) is 1. The Morgan fingerprint density at radius 2 is 1.91 bits per heavy atom. The number of hydrogen-bond donors (Lipinski definition) is 1. The highest BCUT2D eigenvalue weighted by Gasteiger charge is 2.28. The van der Waals surface area contributed by atoms with Crippen molar-refractivity contribution in [1.29, 1.82) is 0 Å². The van der Waals surface area contributed by atoms with E-state index in [0.29, 0.717) is 13.0 Å². The summed E-state index contributed by atoms with van der Waals surface area (Å²) in [5.74, 6) is 0.366. The third-order valence-electron chi connectivity index (χ3n) is 4.45. The van der Waals surface area contributed by atoms with Crippen molar-refractivity contribution >= 4 is 5.91 Å². The molecule has 1 aromatic carbocycles. The highest BCUT2D eigenvalue weighted by atomic mass is 16.5. The average Bonchev–Trinajstić information content (AvgIpc) is 2.55. The Hall–Kier alpha value is -1.39. The summed E-state index contributed by atoms with van der Waals surface area (Å²) in [5, 5.41) is 3.10. The number of hydrogen-bond acceptors (Lipinski definition) is 3.